The highest BCUT2D eigenvalue weighted by molar-refractivity contribution is 5.76. The highest BCUT2D eigenvalue weighted by Gasteiger charge is 2.12. The highest BCUT2D eigenvalue weighted by Crippen LogP contribution is 2.36. The summed E-state index contributed by atoms with van der Waals surface area (Å²) in [5, 5.41) is 19.9. The van der Waals surface area contributed by atoms with Gasteiger partial charge >= 0.3 is 0 Å². The Bertz CT molecular complexity index is 721. The number of hydrogen-bond donors (Lipinski definition) is 2. The third-order valence-corrected chi connectivity index (χ3v) is 4.34. The third kappa shape index (κ3) is 5.24. The van der Waals surface area contributed by atoms with Crippen molar-refractivity contribution in [1.82, 2.24) is 0 Å². The van der Waals surface area contributed by atoms with Gasteiger partial charge in [0, 0.05) is 20.5 Å². The molecule has 0 atom stereocenters. The summed E-state index contributed by atoms with van der Waals surface area (Å²) in [5.74, 6) is 0.741. The van der Waals surface area contributed by atoms with Crippen molar-refractivity contribution in [3.63, 3.8) is 0 Å². The van der Waals surface area contributed by atoms with E-state index in [1.165, 1.54) is 0 Å². The summed E-state index contributed by atoms with van der Waals surface area (Å²) in [5.41, 5.74) is 3.92. The molecule has 0 heterocycles. The summed E-state index contributed by atoms with van der Waals surface area (Å²) in [6.45, 7) is 1.63. The average molecular weight is 341 g/mol. The van der Waals surface area contributed by atoms with Gasteiger partial charge in [-0.3, -0.25) is 0 Å². The first-order chi connectivity index (χ1) is 11.9. The molecule has 0 unspecified atom stereocenters. The zero-order chi connectivity index (χ0) is 18.4. The zero-order valence-electron chi connectivity index (χ0n) is 15.2. The topological polar surface area (TPSA) is 60.8 Å². The smallest absolute Gasteiger partial charge is 0.139 e. The van der Waals surface area contributed by atoms with Crippen LogP contribution in [0.25, 0.3) is 11.1 Å². The molecule has 2 aromatic rings. The number of hydrogen-bond acceptors (Lipinski definition) is 4. The summed E-state index contributed by atoms with van der Waals surface area (Å²) in [4.78, 5) is 12.9. The lowest BCUT2D eigenvalue weighted by Gasteiger charge is -2.19. The molecule has 2 N–H and O–H groups in total. The molecule has 0 saturated heterocycles. The SMILES string of the molecule is CC(=O)CCCCCc1cc(O)c(N(C)C)cc1-c1ccc(O)cc1. The molecule has 0 amide bonds. The maximum atomic E-state index is 11.0. The molecule has 0 spiro atoms. The van der Waals surface area contributed by atoms with E-state index in [0.29, 0.717) is 6.42 Å². The lowest BCUT2D eigenvalue weighted by atomic mass is 9.94. The Morgan fingerprint density at radius 3 is 2.28 bits per heavy atom. The first-order valence-corrected chi connectivity index (χ1v) is 8.70. The molecule has 0 saturated carbocycles. The molecule has 0 radical (unpaired) electrons. The lowest BCUT2D eigenvalue weighted by molar-refractivity contribution is -0.117. The number of rotatable bonds is 8. The maximum Gasteiger partial charge on any atom is 0.139 e. The van der Waals surface area contributed by atoms with E-state index < -0.39 is 0 Å². The minimum atomic E-state index is 0.234. The van der Waals surface area contributed by atoms with Crippen molar-refractivity contribution in [3.8, 4) is 22.6 Å². The van der Waals surface area contributed by atoms with E-state index in [1.54, 1.807) is 19.1 Å². The van der Waals surface area contributed by atoms with Crippen LogP contribution in [0.5, 0.6) is 11.5 Å². The van der Waals surface area contributed by atoms with Gasteiger partial charge < -0.3 is 19.9 Å². The van der Waals surface area contributed by atoms with E-state index in [1.807, 2.05) is 43.3 Å². The number of aromatic hydroxyl groups is 2. The average Bonchev–Trinajstić information content (AvgIpc) is 2.55. The van der Waals surface area contributed by atoms with E-state index >= 15 is 0 Å². The fourth-order valence-electron chi connectivity index (χ4n) is 2.96. The lowest BCUT2D eigenvalue weighted by Crippen LogP contribution is -2.09. The molecule has 0 aliphatic carbocycles. The van der Waals surface area contributed by atoms with E-state index in [4.69, 9.17) is 0 Å². The second-order valence-electron chi connectivity index (χ2n) is 6.70. The molecule has 0 aromatic heterocycles. The van der Waals surface area contributed by atoms with Crippen molar-refractivity contribution in [1.29, 1.82) is 0 Å². The van der Waals surface area contributed by atoms with Gasteiger partial charge in [0.2, 0.25) is 0 Å². The predicted octanol–water partition coefficient (Wildman–Crippen LogP) is 4.52. The number of anilines is 1. The van der Waals surface area contributed by atoms with Gasteiger partial charge in [-0.25, -0.2) is 0 Å². The monoisotopic (exact) mass is 341 g/mol. The summed E-state index contributed by atoms with van der Waals surface area (Å²) in [6, 6.07) is 11.0. The number of phenols is 2. The fourth-order valence-corrected chi connectivity index (χ4v) is 2.96. The molecular weight excluding hydrogens is 314 g/mol. The Morgan fingerprint density at radius 2 is 1.68 bits per heavy atom. The Labute approximate surface area is 149 Å². The minimum Gasteiger partial charge on any atom is -0.508 e. The molecule has 2 rings (SSSR count). The van der Waals surface area contributed by atoms with Crippen LogP contribution >= 0.6 is 0 Å². The van der Waals surface area contributed by atoms with Gasteiger partial charge in [0.15, 0.2) is 0 Å². The van der Waals surface area contributed by atoms with Gasteiger partial charge in [0.1, 0.15) is 17.3 Å². The normalized spacial score (nSPS) is 10.7. The number of ketones is 1. The molecule has 0 aliphatic rings. The van der Waals surface area contributed by atoms with Crippen LogP contribution in [0, 0.1) is 0 Å². The minimum absolute atomic E-state index is 0.234. The van der Waals surface area contributed by atoms with Gasteiger partial charge in [0.25, 0.3) is 0 Å². The standard InChI is InChI=1S/C21H27NO3/c1-15(23)7-5-4-6-8-17-13-21(25)20(22(2)3)14-19(17)16-9-11-18(24)12-10-16/h9-14,24-25H,4-8H2,1-3H3. The van der Waals surface area contributed by atoms with Gasteiger partial charge in [-0.05, 0) is 67.1 Å². The number of Topliss-reactive ketones (excluding diaryl/α,β-unsaturated/α-hetero) is 1. The van der Waals surface area contributed by atoms with Crippen LogP contribution < -0.4 is 4.90 Å². The number of phenolic OH excluding ortho intramolecular Hbond substituents is 2. The number of carbonyl (C=O) groups is 1. The first kappa shape index (κ1) is 18.8. The van der Waals surface area contributed by atoms with Crippen molar-refractivity contribution < 1.29 is 15.0 Å². The number of carbonyl (C=O) groups excluding carboxylic acids is 1. The Morgan fingerprint density at radius 1 is 1.00 bits per heavy atom. The Kier molecular flexibility index (Phi) is 6.45. The number of benzene rings is 2. The first-order valence-electron chi connectivity index (χ1n) is 8.70. The largest absolute Gasteiger partial charge is 0.508 e. The van der Waals surface area contributed by atoms with Crippen molar-refractivity contribution in [2.75, 3.05) is 19.0 Å². The molecular formula is C21H27NO3. The molecule has 0 bridgehead atoms. The summed E-state index contributed by atoms with van der Waals surface area (Å²) >= 11 is 0. The second-order valence-corrected chi connectivity index (χ2v) is 6.70. The highest BCUT2D eigenvalue weighted by atomic mass is 16.3. The Balaban J connectivity index is 2.25. The van der Waals surface area contributed by atoms with Crippen LogP contribution in [0.3, 0.4) is 0 Å². The second kappa shape index (κ2) is 8.56. The molecule has 0 fully saturated rings. The van der Waals surface area contributed by atoms with Gasteiger partial charge in [-0.15, -0.1) is 0 Å². The van der Waals surface area contributed by atoms with Crippen molar-refractivity contribution >= 4 is 11.5 Å². The van der Waals surface area contributed by atoms with Crippen LogP contribution in [-0.4, -0.2) is 30.1 Å². The van der Waals surface area contributed by atoms with Crippen LogP contribution in [-0.2, 0) is 11.2 Å². The van der Waals surface area contributed by atoms with E-state index in [0.717, 1.165) is 48.1 Å². The summed E-state index contributed by atoms with van der Waals surface area (Å²) in [6.07, 6.45) is 4.35. The maximum absolute atomic E-state index is 11.0. The van der Waals surface area contributed by atoms with Crippen LogP contribution in [0.15, 0.2) is 36.4 Å². The number of aryl methyl sites for hydroxylation is 1. The summed E-state index contributed by atoms with van der Waals surface area (Å²) in [7, 11) is 3.80. The molecule has 4 nitrogen and oxygen atoms in total. The van der Waals surface area contributed by atoms with Crippen molar-refractivity contribution in [2.45, 2.75) is 39.0 Å². The van der Waals surface area contributed by atoms with Gasteiger partial charge in [0.05, 0.1) is 5.69 Å². The molecule has 2 aromatic carbocycles. The van der Waals surface area contributed by atoms with Crippen LogP contribution in [0.1, 0.15) is 38.2 Å². The number of unbranched alkanes of at least 4 members (excludes halogenated alkanes) is 2. The molecule has 134 valence electrons. The van der Waals surface area contributed by atoms with Crippen molar-refractivity contribution in [3.05, 3.63) is 42.0 Å². The molecule has 25 heavy (non-hydrogen) atoms. The molecule has 4 heteroatoms. The molecule has 0 aliphatic heterocycles. The van der Waals surface area contributed by atoms with Gasteiger partial charge in [-0.1, -0.05) is 18.6 Å². The van der Waals surface area contributed by atoms with Gasteiger partial charge in [-0.2, -0.15) is 0 Å². The van der Waals surface area contributed by atoms with E-state index in [2.05, 4.69) is 0 Å². The predicted molar refractivity (Wildman–Crippen MR) is 102 cm³/mol. The summed E-state index contributed by atoms with van der Waals surface area (Å²) < 4.78 is 0. The van der Waals surface area contributed by atoms with Crippen molar-refractivity contribution in [2.24, 2.45) is 0 Å². The van der Waals surface area contributed by atoms with E-state index in [9.17, 15) is 15.0 Å². The van der Waals surface area contributed by atoms with Crippen LogP contribution in [0.2, 0.25) is 0 Å². The van der Waals surface area contributed by atoms with Crippen LogP contribution in [0.4, 0.5) is 5.69 Å². The zero-order valence-corrected chi connectivity index (χ0v) is 15.2. The van der Waals surface area contributed by atoms with E-state index in [-0.39, 0.29) is 17.3 Å². The Hall–Kier alpha value is -2.49. The fraction of sp³-hybridized carbons (Fsp3) is 0.381. The number of nitrogens with zero attached hydrogens (tertiary/aromatic N) is 1. The quantitative estimate of drug-likeness (QED) is 0.693. The third-order valence-electron chi connectivity index (χ3n) is 4.34.